The van der Waals surface area contributed by atoms with E-state index in [1.807, 2.05) is 30.3 Å². The summed E-state index contributed by atoms with van der Waals surface area (Å²) in [6.45, 7) is -0.162. The fourth-order valence-electron chi connectivity index (χ4n) is 2.47. The van der Waals surface area contributed by atoms with Gasteiger partial charge in [-0.15, -0.1) is 0 Å². The minimum Gasteiger partial charge on any atom is -0.326 e. The van der Waals surface area contributed by atoms with E-state index in [2.05, 4.69) is 4.98 Å². The third-order valence-electron chi connectivity index (χ3n) is 3.57. The second-order valence-corrected chi connectivity index (χ2v) is 5.03. The molecular formula is C17H14F3N3. The highest BCUT2D eigenvalue weighted by Crippen LogP contribution is 2.34. The van der Waals surface area contributed by atoms with Gasteiger partial charge < -0.3 is 5.73 Å². The van der Waals surface area contributed by atoms with Crippen molar-refractivity contribution < 1.29 is 13.2 Å². The Hall–Kier alpha value is -2.60. The number of imidazole rings is 1. The molecule has 118 valence electrons. The summed E-state index contributed by atoms with van der Waals surface area (Å²) in [7, 11) is 0. The van der Waals surface area contributed by atoms with Crippen LogP contribution in [0.15, 0.2) is 60.9 Å². The molecule has 0 fully saturated rings. The Balaban J connectivity index is 2.13. The fourth-order valence-corrected chi connectivity index (χ4v) is 2.47. The number of benzene rings is 2. The summed E-state index contributed by atoms with van der Waals surface area (Å²) >= 11 is 0. The molecule has 23 heavy (non-hydrogen) atoms. The van der Waals surface area contributed by atoms with Crippen molar-refractivity contribution in [1.82, 2.24) is 9.55 Å². The molecule has 0 saturated heterocycles. The molecule has 0 amide bonds. The normalized spacial score (nSPS) is 11.7. The van der Waals surface area contributed by atoms with Crippen molar-refractivity contribution in [3.05, 3.63) is 72.1 Å². The molecule has 3 nitrogen and oxygen atoms in total. The molecule has 6 heteroatoms. The van der Waals surface area contributed by atoms with E-state index in [9.17, 15) is 13.2 Å². The van der Waals surface area contributed by atoms with Gasteiger partial charge in [0.15, 0.2) is 0 Å². The Morgan fingerprint density at radius 3 is 2.43 bits per heavy atom. The zero-order chi connectivity index (χ0) is 16.4. The van der Waals surface area contributed by atoms with Crippen LogP contribution in [0.3, 0.4) is 0 Å². The van der Waals surface area contributed by atoms with Gasteiger partial charge in [0.25, 0.3) is 0 Å². The predicted molar refractivity (Wildman–Crippen MR) is 81.9 cm³/mol. The van der Waals surface area contributed by atoms with Crippen LogP contribution in [0.2, 0.25) is 0 Å². The molecule has 0 aliphatic carbocycles. The topological polar surface area (TPSA) is 43.8 Å². The molecule has 0 aliphatic rings. The van der Waals surface area contributed by atoms with Gasteiger partial charge in [0.05, 0.1) is 5.56 Å². The average Bonchev–Trinajstić information content (AvgIpc) is 3.04. The fraction of sp³-hybridized carbons (Fsp3) is 0.118. The summed E-state index contributed by atoms with van der Waals surface area (Å²) in [6, 6.07) is 13.4. The monoisotopic (exact) mass is 317 g/mol. The second-order valence-electron chi connectivity index (χ2n) is 5.03. The number of hydrogen-bond acceptors (Lipinski definition) is 2. The number of nitrogens with zero attached hydrogens (tertiary/aromatic N) is 2. The molecule has 3 rings (SSSR count). The first-order valence-electron chi connectivity index (χ1n) is 7.00. The van der Waals surface area contributed by atoms with Crippen LogP contribution in [0.25, 0.3) is 17.1 Å². The van der Waals surface area contributed by atoms with Crippen LogP contribution >= 0.6 is 0 Å². The predicted octanol–water partition coefficient (Wildman–Crippen LogP) is 4.02. The van der Waals surface area contributed by atoms with Crippen molar-refractivity contribution in [3.8, 4) is 17.1 Å². The van der Waals surface area contributed by atoms with Crippen LogP contribution in [0.4, 0.5) is 13.2 Å². The van der Waals surface area contributed by atoms with Gasteiger partial charge in [0, 0.05) is 30.2 Å². The summed E-state index contributed by atoms with van der Waals surface area (Å²) in [5, 5.41) is 0. The lowest BCUT2D eigenvalue weighted by Crippen LogP contribution is -2.13. The Morgan fingerprint density at radius 1 is 1.04 bits per heavy atom. The summed E-state index contributed by atoms with van der Waals surface area (Å²) < 4.78 is 41.2. The smallest absolute Gasteiger partial charge is 0.326 e. The number of nitrogens with two attached hydrogens (primary N) is 1. The Kier molecular flexibility index (Phi) is 3.92. The van der Waals surface area contributed by atoms with Gasteiger partial charge in [-0.05, 0) is 17.7 Å². The zero-order valence-electron chi connectivity index (χ0n) is 12.1. The molecule has 3 aromatic rings. The third-order valence-corrected chi connectivity index (χ3v) is 3.57. The van der Waals surface area contributed by atoms with E-state index in [0.717, 1.165) is 11.6 Å². The molecule has 0 bridgehead atoms. The van der Waals surface area contributed by atoms with Crippen molar-refractivity contribution in [3.63, 3.8) is 0 Å². The van der Waals surface area contributed by atoms with Crippen LogP contribution in [0.1, 0.15) is 11.1 Å². The minimum absolute atomic E-state index is 0.0719. The first-order valence-corrected chi connectivity index (χ1v) is 7.00. The molecular weight excluding hydrogens is 303 g/mol. The van der Waals surface area contributed by atoms with Crippen molar-refractivity contribution in [2.75, 3.05) is 0 Å². The number of rotatable bonds is 3. The van der Waals surface area contributed by atoms with Gasteiger partial charge in [-0.2, -0.15) is 13.2 Å². The Morgan fingerprint density at radius 2 is 1.78 bits per heavy atom. The molecule has 0 radical (unpaired) electrons. The Bertz CT molecular complexity index is 807. The average molecular weight is 317 g/mol. The van der Waals surface area contributed by atoms with E-state index in [1.54, 1.807) is 23.0 Å². The van der Waals surface area contributed by atoms with Gasteiger partial charge in [0.2, 0.25) is 0 Å². The number of aromatic nitrogens is 2. The Labute approximate surface area is 131 Å². The van der Waals surface area contributed by atoms with Gasteiger partial charge in [-0.25, -0.2) is 4.98 Å². The molecule has 1 aromatic heterocycles. The van der Waals surface area contributed by atoms with E-state index in [1.165, 1.54) is 6.07 Å². The second kappa shape index (κ2) is 5.89. The minimum atomic E-state index is -4.45. The lowest BCUT2D eigenvalue weighted by molar-refractivity contribution is -0.138. The quantitative estimate of drug-likeness (QED) is 0.793. The van der Waals surface area contributed by atoms with E-state index < -0.39 is 11.7 Å². The van der Waals surface area contributed by atoms with Gasteiger partial charge in [0.1, 0.15) is 5.82 Å². The van der Waals surface area contributed by atoms with Gasteiger partial charge >= 0.3 is 6.18 Å². The highest BCUT2D eigenvalue weighted by molar-refractivity contribution is 5.59. The van der Waals surface area contributed by atoms with Crippen molar-refractivity contribution in [2.45, 2.75) is 12.7 Å². The zero-order valence-corrected chi connectivity index (χ0v) is 12.1. The molecule has 0 saturated carbocycles. The third kappa shape index (κ3) is 2.98. The maximum absolute atomic E-state index is 13.2. The summed E-state index contributed by atoms with van der Waals surface area (Å²) in [5.74, 6) is 0.583. The van der Waals surface area contributed by atoms with Crippen molar-refractivity contribution >= 4 is 0 Å². The molecule has 0 spiro atoms. The molecule has 0 aliphatic heterocycles. The number of hydrogen-bond donors (Lipinski definition) is 1. The summed E-state index contributed by atoms with van der Waals surface area (Å²) in [6.07, 6.45) is -1.25. The highest BCUT2D eigenvalue weighted by Gasteiger charge is 2.33. The van der Waals surface area contributed by atoms with E-state index in [0.29, 0.717) is 11.5 Å². The first-order chi connectivity index (χ1) is 11.0. The summed E-state index contributed by atoms with van der Waals surface area (Å²) in [4.78, 5) is 4.25. The van der Waals surface area contributed by atoms with Crippen molar-refractivity contribution in [1.29, 1.82) is 0 Å². The highest BCUT2D eigenvalue weighted by atomic mass is 19.4. The van der Waals surface area contributed by atoms with Crippen LogP contribution in [-0.2, 0) is 12.7 Å². The SMILES string of the molecule is NCc1ccc(-n2ccnc2-c2ccccc2)cc1C(F)(F)F. The first kappa shape index (κ1) is 15.3. The number of halogens is 3. The number of alkyl halides is 3. The van der Waals surface area contributed by atoms with Crippen LogP contribution in [-0.4, -0.2) is 9.55 Å². The van der Waals surface area contributed by atoms with Gasteiger partial charge in [-0.3, -0.25) is 4.57 Å². The lowest BCUT2D eigenvalue weighted by atomic mass is 10.1. The summed E-state index contributed by atoms with van der Waals surface area (Å²) in [5.41, 5.74) is 5.99. The molecule has 0 atom stereocenters. The standard InChI is InChI=1S/C17H14F3N3/c18-17(19,20)15-10-14(7-6-13(15)11-21)23-9-8-22-16(23)12-4-2-1-3-5-12/h1-10H,11,21H2. The molecule has 1 heterocycles. The maximum Gasteiger partial charge on any atom is 0.416 e. The van der Waals surface area contributed by atoms with E-state index in [-0.39, 0.29) is 12.1 Å². The lowest BCUT2D eigenvalue weighted by Gasteiger charge is -2.15. The maximum atomic E-state index is 13.2. The van der Waals surface area contributed by atoms with E-state index >= 15 is 0 Å². The van der Waals surface area contributed by atoms with Crippen LogP contribution in [0, 0.1) is 0 Å². The molecule has 2 aromatic carbocycles. The molecule has 2 N–H and O–H groups in total. The van der Waals surface area contributed by atoms with Crippen LogP contribution < -0.4 is 5.73 Å². The largest absolute Gasteiger partial charge is 0.416 e. The van der Waals surface area contributed by atoms with Gasteiger partial charge in [-0.1, -0.05) is 36.4 Å². The molecule has 0 unspecified atom stereocenters. The van der Waals surface area contributed by atoms with Crippen molar-refractivity contribution in [2.24, 2.45) is 5.73 Å². The van der Waals surface area contributed by atoms with Crippen LogP contribution in [0.5, 0.6) is 0 Å². The van der Waals surface area contributed by atoms with E-state index in [4.69, 9.17) is 5.73 Å².